The van der Waals surface area contributed by atoms with Crippen LogP contribution in [0.15, 0.2) is 4.99 Å². The molecule has 2 fully saturated rings. The molecule has 0 atom stereocenters. The van der Waals surface area contributed by atoms with Gasteiger partial charge in [-0.2, -0.15) is 0 Å². The summed E-state index contributed by atoms with van der Waals surface area (Å²) in [7, 11) is 4.12. The summed E-state index contributed by atoms with van der Waals surface area (Å²) in [6.45, 7) is 4.89. The van der Waals surface area contributed by atoms with E-state index in [1.807, 2.05) is 7.05 Å². The van der Waals surface area contributed by atoms with Crippen LogP contribution in [0.1, 0.15) is 57.8 Å². The van der Waals surface area contributed by atoms with Crippen molar-refractivity contribution in [3.63, 3.8) is 0 Å². The third-order valence-corrected chi connectivity index (χ3v) is 5.21. The molecule has 2 aliphatic rings. The molecule has 2 N–H and O–H groups in total. The Balaban J connectivity index is 0.00000312. The third kappa shape index (κ3) is 10.6. The molecule has 5 nitrogen and oxygen atoms in total. The molecule has 0 heterocycles. The average Bonchev–Trinajstić information content (AvgIpc) is 3.44. The molecule has 0 spiro atoms. The first-order chi connectivity index (χ1) is 11.8. The van der Waals surface area contributed by atoms with Gasteiger partial charge in [0.05, 0.1) is 0 Å². The Bertz CT molecular complexity index is 357. The Hall–Kier alpha value is -0.0800. The Morgan fingerprint density at radius 1 is 1.04 bits per heavy atom. The van der Waals surface area contributed by atoms with Crippen molar-refractivity contribution in [3.05, 3.63) is 0 Å². The number of hydrogen-bond donors (Lipinski definition) is 2. The van der Waals surface area contributed by atoms with Crippen molar-refractivity contribution in [3.8, 4) is 0 Å². The molecule has 6 heteroatoms. The number of nitrogens with zero attached hydrogens (tertiary/aromatic N) is 2. The van der Waals surface area contributed by atoms with Crippen LogP contribution in [0, 0.1) is 5.92 Å². The van der Waals surface area contributed by atoms with E-state index in [-0.39, 0.29) is 24.0 Å². The predicted octanol–water partition coefficient (Wildman–Crippen LogP) is 3.24. The summed E-state index contributed by atoms with van der Waals surface area (Å²) >= 11 is 0. The molecule has 0 amide bonds. The second kappa shape index (κ2) is 14.0. The highest BCUT2D eigenvalue weighted by Gasteiger charge is 2.20. The van der Waals surface area contributed by atoms with Gasteiger partial charge in [0.2, 0.25) is 0 Å². The van der Waals surface area contributed by atoms with E-state index in [1.165, 1.54) is 51.5 Å². The van der Waals surface area contributed by atoms with Crippen molar-refractivity contribution in [2.75, 3.05) is 46.9 Å². The van der Waals surface area contributed by atoms with Crippen LogP contribution >= 0.6 is 24.0 Å². The van der Waals surface area contributed by atoms with Gasteiger partial charge < -0.3 is 20.3 Å². The normalized spacial score (nSPS) is 18.9. The maximum Gasteiger partial charge on any atom is 0.190 e. The third-order valence-electron chi connectivity index (χ3n) is 5.21. The fourth-order valence-electron chi connectivity index (χ4n) is 3.38. The summed E-state index contributed by atoms with van der Waals surface area (Å²) in [5.74, 6) is 1.77. The lowest BCUT2D eigenvalue weighted by atomic mass is 9.94. The smallest absolute Gasteiger partial charge is 0.190 e. The summed E-state index contributed by atoms with van der Waals surface area (Å²) < 4.78 is 5.65. The highest BCUT2D eigenvalue weighted by Crippen LogP contribution is 2.28. The minimum Gasteiger partial charge on any atom is -0.381 e. The van der Waals surface area contributed by atoms with E-state index in [1.54, 1.807) is 0 Å². The Morgan fingerprint density at radius 2 is 1.72 bits per heavy atom. The van der Waals surface area contributed by atoms with E-state index >= 15 is 0 Å². The molecular formula is C19H39IN4O. The van der Waals surface area contributed by atoms with Crippen molar-refractivity contribution in [2.45, 2.75) is 63.8 Å². The van der Waals surface area contributed by atoms with Crippen LogP contribution in [0.5, 0.6) is 0 Å². The first-order valence-corrected chi connectivity index (χ1v) is 10.0. The fraction of sp³-hybridized carbons (Fsp3) is 0.947. The molecule has 25 heavy (non-hydrogen) atoms. The van der Waals surface area contributed by atoms with Gasteiger partial charge in [-0.15, -0.1) is 24.0 Å². The van der Waals surface area contributed by atoms with E-state index in [9.17, 15) is 0 Å². The number of guanidine groups is 1. The number of hydrogen-bond acceptors (Lipinski definition) is 3. The lowest BCUT2D eigenvalue weighted by Gasteiger charge is -2.31. The predicted molar refractivity (Wildman–Crippen MR) is 117 cm³/mol. The van der Waals surface area contributed by atoms with E-state index in [0.717, 1.165) is 57.1 Å². The maximum atomic E-state index is 5.65. The summed E-state index contributed by atoms with van der Waals surface area (Å²) in [4.78, 5) is 6.84. The molecule has 2 rings (SSSR count). The quantitative estimate of drug-likeness (QED) is 0.213. The summed E-state index contributed by atoms with van der Waals surface area (Å²) in [5, 5.41) is 6.79. The van der Waals surface area contributed by atoms with Crippen LogP contribution in [-0.2, 0) is 4.74 Å². The Kier molecular flexibility index (Phi) is 12.9. The monoisotopic (exact) mass is 466 g/mol. The molecule has 0 bridgehead atoms. The Labute approximate surface area is 171 Å². The zero-order chi connectivity index (χ0) is 17.0. The molecule has 0 aromatic carbocycles. The van der Waals surface area contributed by atoms with Gasteiger partial charge in [-0.1, -0.05) is 19.3 Å². The van der Waals surface area contributed by atoms with Gasteiger partial charge in [0.1, 0.15) is 0 Å². The van der Waals surface area contributed by atoms with Crippen LogP contribution in [0.3, 0.4) is 0 Å². The highest BCUT2D eigenvalue weighted by atomic mass is 127. The zero-order valence-electron chi connectivity index (χ0n) is 16.3. The lowest BCUT2D eigenvalue weighted by Crippen LogP contribution is -2.40. The van der Waals surface area contributed by atoms with Crippen LogP contribution in [0.2, 0.25) is 0 Å². The van der Waals surface area contributed by atoms with Crippen LogP contribution < -0.4 is 10.6 Å². The minimum absolute atomic E-state index is 0. The summed E-state index contributed by atoms with van der Waals surface area (Å²) in [6, 6.07) is 0.812. The van der Waals surface area contributed by atoms with Crippen molar-refractivity contribution < 1.29 is 4.74 Å². The maximum absolute atomic E-state index is 5.65. The second-order valence-electron chi connectivity index (χ2n) is 7.42. The summed E-state index contributed by atoms with van der Waals surface area (Å²) in [5.41, 5.74) is 0. The van der Waals surface area contributed by atoms with Gasteiger partial charge >= 0.3 is 0 Å². The molecule has 0 unspecified atom stereocenters. The van der Waals surface area contributed by atoms with Crippen molar-refractivity contribution >= 4 is 29.9 Å². The standard InChI is InChI=1S/C19H38N4O.HI/c1-20-19(22-13-7-15-24-16-17-10-11-17)21-12-6-14-23(2)18-8-4-3-5-9-18;/h17-18H,3-16H2,1-2H3,(H2,20,21,22);1H. The zero-order valence-corrected chi connectivity index (χ0v) is 18.6. The number of aliphatic imine (C=N–C) groups is 1. The molecule has 0 radical (unpaired) electrons. The van der Waals surface area contributed by atoms with Gasteiger partial charge in [0.25, 0.3) is 0 Å². The largest absolute Gasteiger partial charge is 0.381 e. The molecule has 2 saturated carbocycles. The second-order valence-corrected chi connectivity index (χ2v) is 7.42. The molecule has 0 aromatic rings. The highest BCUT2D eigenvalue weighted by molar-refractivity contribution is 14.0. The SMILES string of the molecule is CN=C(NCCCOCC1CC1)NCCCN(C)C1CCCCC1.I. The van der Waals surface area contributed by atoms with E-state index in [2.05, 4.69) is 27.6 Å². The van der Waals surface area contributed by atoms with E-state index in [0.29, 0.717) is 0 Å². The van der Waals surface area contributed by atoms with Crippen LogP contribution in [-0.4, -0.2) is 63.8 Å². The first kappa shape index (κ1) is 23.0. The average molecular weight is 466 g/mol. The van der Waals surface area contributed by atoms with Crippen LogP contribution in [0.25, 0.3) is 0 Å². The molecule has 148 valence electrons. The number of halogens is 1. The van der Waals surface area contributed by atoms with Crippen LogP contribution in [0.4, 0.5) is 0 Å². The van der Waals surface area contributed by atoms with Crippen molar-refractivity contribution in [1.29, 1.82) is 0 Å². The molecule has 2 aliphatic carbocycles. The number of rotatable bonds is 11. The van der Waals surface area contributed by atoms with Gasteiger partial charge in [0.15, 0.2) is 5.96 Å². The van der Waals surface area contributed by atoms with Gasteiger partial charge in [-0.3, -0.25) is 4.99 Å². The number of ether oxygens (including phenoxy) is 1. The Morgan fingerprint density at radius 3 is 2.36 bits per heavy atom. The van der Waals surface area contributed by atoms with Crippen molar-refractivity contribution in [2.24, 2.45) is 10.9 Å². The molecule has 0 saturated heterocycles. The van der Waals surface area contributed by atoms with E-state index < -0.39 is 0 Å². The summed E-state index contributed by atoms with van der Waals surface area (Å²) in [6.07, 6.45) is 12.0. The van der Waals surface area contributed by atoms with Gasteiger partial charge in [-0.05, 0) is 58.0 Å². The molecule has 0 aliphatic heterocycles. The number of nitrogens with one attached hydrogen (secondary N) is 2. The lowest BCUT2D eigenvalue weighted by molar-refractivity contribution is 0.123. The van der Waals surface area contributed by atoms with Crippen molar-refractivity contribution in [1.82, 2.24) is 15.5 Å². The minimum atomic E-state index is 0. The van der Waals surface area contributed by atoms with E-state index in [4.69, 9.17) is 4.74 Å². The first-order valence-electron chi connectivity index (χ1n) is 10.0. The van der Waals surface area contributed by atoms with Gasteiger partial charge in [0, 0.05) is 39.4 Å². The fourth-order valence-corrected chi connectivity index (χ4v) is 3.38. The topological polar surface area (TPSA) is 48.9 Å². The molecular weight excluding hydrogens is 427 g/mol. The molecule has 0 aromatic heterocycles. The van der Waals surface area contributed by atoms with Gasteiger partial charge in [-0.25, -0.2) is 0 Å².